The van der Waals surface area contributed by atoms with E-state index in [9.17, 15) is 4.79 Å². The molecule has 0 radical (unpaired) electrons. The number of nitrogens with two attached hydrogens (primary N) is 1. The van der Waals surface area contributed by atoms with E-state index in [-0.39, 0.29) is 11.9 Å². The van der Waals surface area contributed by atoms with Gasteiger partial charge >= 0.3 is 0 Å². The maximum atomic E-state index is 11.9. The third-order valence-electron chi connectivity index (χ3n) is 2.58. The first-order valence-corrected chi connectivity index (χ1v) is 5.58. The third kappa shape index (κ3) is 2.65. The molecule has 0 fully saturated rings. The van der Waals surface area contributed by atoms with Crippen molar-refractivity contribution in [1.82, 2.24) is 20.1 Å². The number of carbonyl (C=O) groups excluding carboxylic acids is 1. The van der Waals surface area contributed by atoms with Crippen LogP contribution in [0.5, 0.6) is 0 Å². The van der Waals surface area contributed by atoms with Gasteiger partial charge in [-0.25, -0.2) is 4.98 Å². The minimum absolute atomic E-state index is 0.130. The van der Waals surface area contributed by atoms with Crippen molar-refractivity contribution in [3.63, 3.8) is 0 Å². The van der Waals surface area contributed by atoms with Crippen molar-refractivity contribution >= 4 is 11.7 Å². The van der Waals surface area contributed by atoms with Gasteiger partial charge in [0.1, 0.15) is 11.5 Å². The standard InChI is InChI=1S/C12H15N5O/c1-8(9-6-14-17(2)7-9)15-12(18)10-4-3-5-11(13)16-10/h3-8H,1-2H3,(H2,13,16)(H,15,18)/t8-/m0/s1. The van der Waals surface area contributed by atoms with Gasteiger partial charge in [0.15, 0.2) is 0 Å². The van der Waals surface area contributed by atoms with Crippen molar-refractivity contribution in [1.29, 1.82) is 0 Å². The van der Waals surface area contributed by atoms with Crippen molar-refractivity contribution in [2.45, 2.75) is 13.0 Å². The van der Waals surface area contributed by atoms with E-state index in [1.54, 1.807) is 29.1 Å². The molecule has 94 valence electrons. The molecule has 18 heavy (non-hydrogen) atoms. The fraction of sp³-hybridized carbons (Fsp3) is 0.250. The van der Waals surface area contributed by atoms with E-state index in [0.29, 0.717) is 11.5 Å². The Morgan fingerprint density at radius 3 is 2.89 bits per heavy atom. The van der Waals surface area contributed by atoms with E-state index < -0.39 is 0 Å². The van der Waals surface area contributed by atoms with Crippen molar-refractivity contribution in [3.8, 4) is 0 Å². The van der Waals surface area contributed by atoms with Crippen LogP contribution < -0.4 is 11.1 Å². The molecule has 2 rings (SSSR count). The zero-order chi connectivity index (χ0) is 13.1. The number of aromatic nitrogens is 3. The van der Waals surface area contributed by atoms with Crippen molar-refractivity contribution < 1.29 is 4.79 Å². The Bertz CT molecular complexity index is 563. The molecule has 1 atom stereocenters. The van der Waals surface area contributed by atoms with Gasteiger partial charge in [-0.3, -0.25) is 9.48 Å². The lowest BCUT2D eigenvalue weighted by atomic mass is 10.2. The monoisotopic (exact) mass is 245 g/mol. The first-order valence-electron chi connectivity index (χ1n) is 5.58. The van der Waals surface area contributed by atoms with Crippen LogP contribution in [0.15, 0.2) is 30.6 Å². The number of rotatable bonds is 3. The van der Waals surface area contributed by atoms with Crippen LogP contribution in [0, 0.1) is 0 Å². The summed E-state index contributed by atoms with van der Waals surface area (Å²) < 4.78 is 1.69. The average Bonchev–Trinajstić information content (AvgIpc) is 2.76. The largest absolute Gasteiger partial charge is 0.384 e. The SMILES string of the molecule is C[C@H](NC(=O)c1cccc(N)n1)c1cnn(C)c1. The number of nitrogens with one attached hydrogen (secondary N) is 1. The number of pyridine rings is 1. The zero-order valence-electron chi connectivity index (χ0n) is 10.3. The molecule has 0 bridgehead atoms. The summed E-state index contributed by atoms with van der Waals surface area (Å²) in [5, 5.41) is 6.90. The topological polar surface area (TPSA) is 85.8 Å². The summed E-state index contributed by atoms with van der Waals surface area (Å²) in [6.07, 6.45) is 3.58. The number of aryl methyl sites for hydroxylation is 1. The molecule has 0 spiro atoms. The van der Waals surface area contributed by atoms with Crippen LogP contribution in [0.3, 0.4) is 0 Å². The molecule has 0 aliphatic heterocycles. The minimum atomic E-state index is -0.251. The second kappa shape index (κ2) is 4.87. The van der Waals surface area contributed by atoms with Gasteiger partial charge in [0, 0.05) is 18.8 Å². The molecule has 2 aromatic rings. The summed E-state index contributed by atoms with van der Waals surface area (Å²) in [4.78, 5) is 15.9. The summed E-state index contributed by atoms with van der Waals surface area (Å²) in [5.74, 6) is 0.0790. The van der Waals surface area contributed by atoms with Crippen LogP contribution in [-0.4, -0.2) is 20.7 Å². The number of nitrogen functional groups attached to an aromatic ring is 1. The summed E-state index contributed by atoms with van der Waals surface area (Å²) in [6, 6.07) is 4.84. The van der Waals surface area contributed by atoms with E-state index in [1.807, 2.05) is 20.2 Å². The number of carbonyl (C=O) groups is 1. The second-order valence-corrected chi connectivity index (χ2v) is 4.09. The predicted octanol–water partition coefficient (Wildman–Crippen LogP) is 0.888. The Kier molecular flexibility index (Phi) is 3.27. The quantitative estimate of drug-likeness (QED) is 0.840. The molecular weight excluding hydrogens is 230 g/mol. The fourth-order valence-electron chi connectivity index (χ4n) is 1.60. The van der Waals surface area contributed by atoms with E-state index in [4.69, 9.17) is 5.73 Å². The Labute approximate surface area is 105 Å². The van der Waals surface area contributed by atoms with Crippen molar-refractivity contribution in [3.05, 3.63) is 41.9 Å². The smallest absolute Gasteiger partial charge is 0.270 e. The highest BCUT2D eigenvalue weighted by Crippen LogP contribution is 2.11. The van der Waals surface area contributed by atoms with Gasteiger partial charge in [-0.2, -0.15) is 5.10 Å². The first-order chi connectivity index (χ1) is 8.56. The number of nitrogens with zero attached hydrogens (tertiary/aromatic N) is 3. The summed E-state index contributed by atoms with van der Waals surface area (Å²) >= 11 is 0. The second-order valence-electron chi connectivity index (χ2n) is 4.09. The lowest BCUT2D eigenvalue weighted by Gasteiger charge is -2.11. The van der Waals surface area contributed by atoms with Gasteiger partial charge in [-0.15, -0.1) is 0 Å². The molecule has 3 N–H and O–H groups in total. The van der Waals surface area contributed by atoms with Crippen LogP contribution >= 0.6 is 0 Å². The number of anilines is 1. The molecule has 2 heterocycles. The number of hydrogen-bond donors (Lipinski definition) is 2. The Morgan fingerprint density at radius 1 is 1.50 bits per heavy atom. The number of hydrogen-bond acceptors (Lipinski definition) is 4. The first kappa shape index (κ1) is 12.1. The van der Waals surface area contributed by atoms with Crippen LogP contribution in [0.4, 0.5) is 5.82 Å². The van der Waals surface area contributed by atoms with Crippen LogP contribution in [0.25, 0.3) is 0 Å². The molecule has 0 aliphatic carbocycles. The van der Waals surface area contributed by atoms with Gasteiger partial charge < -0.3 is 11.1 Å². The molecule has 2 aromatic heterocycles. The van der Waals surface area contributed by atoms with E-state index in [0.717, 1.165) is 5.56 Å². The minimum Gasteiger partial charge on any atom is -0.384 e. The molecule has 0 aliphatic rings. The Morgan fingerprint density at radius 2 is 2.28 bits per heavy atom. The number of amides is 1. The molecule has 0 unspecified atom stereocenters. The van der Waals surface area contributed by atoms with Gasteiger partial charge in [-0.1, -0.05) is 6.07 Å². The van der Waals surface area contributed by atoms with Crippen molar-refractivity contribution in [2.75, 3.05) is 5.73 Å². The molecule has 6 heteroatoms. The molecule has 0 saturated carbocycles. The van der Waals surface area contributed by atoms with E-state index in [1.165, 1.54) is 0 Å². The van der Waals surface area contributed by atoms with Gasteiger partial charge in [-0.05, 0) is 19.1 Å². The average molecular weight is 245 g/mol. The Hall–Kier alpha value is -2.37. The van der Waals surface area contributed by atoms with E-state index in [2.05, 4.69) is 15.4 Å². The lowest BCUT2D eigenvalue weighted by Crippen LogP contribution is -2.27. The summed E-state index contributed by atoms with van der Waals surface area (Å²) in [5.41, 5.74) is 6.79. The molecular formula is C12H15N5O. The van der Waals surface area contributed by atoms with Gasteiger partial charge in [0.25, 0.3) is 5.91 Å². The summed E-state index contributed by atoms with van der Waals surface area (Å²) in [6.45, 7) is 1.89. The maximum Gasteiger partial charge on any atom is 0.270 e. The fourth-order valence-corrected chi connectivity index (χ4v) is 1.60. The molecule has 1 amide bonds. The lowest BCUT2D eigenvalue weighted by molar-refractivity contribution is 0.0935. The van der Waals surface area contributed by atoms with Crippen LogP contribution in [0.2, 0.25) is 0 Å². The van der Waals surface area contributed by atoms with Gasteiger partial charge in [0.05, 0.1) is 12.2 Å². The van der Waals surface area contributed by atoms with Crippen LogP contribution in [0.1, 0.15) is 29.0 Å². The third-order valence-corrected chi connectivity index (χ3v) is 2.58. The van der Waals surface area contributed by atoms with E-state index >= 15 is 0 Å². The zero-order valence-corrected chi connectivity index (χ0v) is 10.3. The molecule has 0 aromatic carbocycles. The van der Waals surface area contributed by atoms with Gasteiger partial charge in [0.2, 0.25) is 0 Å². The normalized spacial score (nSPS) is 12.1. The van der Waals surface area contributed by atoms with Crippen molar-refractivity contribution in [2.24, 2.45) is 7.05 Å². The highest BCUT2D eigenvalue weighted by atomic mass is 16.1. The molecule has 0 saturated heterocycles. The molecule has 6 nitrogen and oxygen atoms in total. The maximum absolute atomic E-state index is 11.9. The summed E-state index contributed by atoms with van der Waals surface area (Å²) in [7, 11) is 1.83. The highest BCUT2D eigenvalue weighted by molar-refractivity contribution is 5.92. The highest BCUT2D eigenvalue weighted by Gasteiger charge is 2.13. The Balaban J connectivity index is 2.08. The predicted molar refractivity (Wildman–Crippen MR) is 67.7 cm³/mol. The van der Waals surface area contributed by atoms with Crippen LogP contribution in [-0.2, 0) is 7.05 Å².